The summed E-state index contributed by atoms with van der Waals surface area (Å²) in [4.78, 5) is 5.08. The fourth-order valence-electron chi connectivity index (χ4n) is 8.59. The second-order valence-electron chi connectivity index (χ2n) is 15.8. The van der Waals surface area contributed by atoms with E-state index in [1.165, 1.54) is 119 Å². The summed E-state index contributed by atoms with van der Waals surface area (Å²) in [5.41, 5.74) is 15.7. The molecule has 2 heterocycles. The summed E-state index contributed by atoms with van der Waals surface area (Å²) in [6.45, 7) is 14.4. The minimum atomic E-state index is -0.181. The van der Waals surface area contributed by atoms with Crippen molar-refractivity contribution < 1.29 is 0 Å². The minimum absolute atomic E-state index is 0.181. The Balaban J connectivity index is 1.42. The third-order valence-electron chi connectivity index (χ3n) is 11.6. The Hall–Kier alpha value is -4.30. The molecule has 2 nitrogen and oxygen atoms in total. The lowest BCUT2D eigenvalue weighted by molar-refractivity contribution is 0.612. The zero-order chi connectivity index (χ0) is 34.9. The zero-order valence-electron chi connectivity index (χ0n) is 31.4. The van der Waals surface area contributed by atoms with Gasteiger partial charge in [0.25, 0.3) is 0 Å². The van der Waals surface area contributed by atoms with E-state index in [-0.39, 0.29) is 10.8 Å². The molecule has 0 saturated heterocycles. The first kappa shape index (κ1) is 34.2. The van der Waals surface area contributed by atoms with Gasteiger partial charge in [-0.1, -0.05) is 141 Å². The van der Waals surface area contributed by atoms with Gasteiger partial charge in [-0.2, -0.15) is 0 Å². The van der Waals surface area contributed by atoms with Crippen LogP contribution in [0, 0.1) is 0 Å². The number of benzene rings is 5. The molecule has 0 saturated carbocycles. The SMILES string of the molecule is CCCCCCc1ccc2c(c1)C(C)(C)c1cc3c(cc1N2c1ccccc1)C(C)(C)c1cc(CCCCCC)ccc1N3c1ccccc1. The smallest absolute Gasteiger partial charge is 0.0507 e. The molecule has 2 aliphatic heterocycles. The summed E-state index contributed by atoms with van der Waals surface area (Å²) in [6.07, 6.45) is 12.5. The average molecular weight is 661 g/mol. The standard InChI is InChI=1S/C48H56N2/c1-7-9-11-15-21-35-27-29-43-39(31-35)47(3,4)41-33-46-42(34-45(41)49(43)37-23-17-13-18-24-37)48(5,6)40-32-36(22-16-12-10-8-2)28-30-44(40)50(46)38-25-19-14-20-26-38/h13-14,17-20,23-34H,7-12,15-16,21-22H2,1-6H3. The Morgan fingerprint density at radius 2 is 0.780 bits per heavy atom. The van der Waals surface area contributed by atoms with Gasteiger partial charge < -0.3 is 9.80 Å². The van der Waals surface area contributed by atoms with Crippen molar-refractivity contribution in [1.82, 2.24) is 0 Å². The molecule has 0 N–H and O–H groups in total. The Morgan fingerprint density at radius 1 is 0.400 bits per heavy atom. The van der Waals surface area contributed by atoms with Gasteiger partial charge in [-0.25, -0.2) is 0 Å². The number of anilines is 6. The van der Waals surface area contributed by atoms with Crippen molar-refractivity contribution >= 4 is 34.1 Å². The van der Waals surface area contributed by atoms with Crippen molar-refractivity contribution in [3.63, 3.8) is 0 Å². The quantitative estimate of drug-likeness (QED) is 0.123. The molecule has 0 spiro atoms. The Labute approximate surface area is 302 Å². The lowest BCUT2D eigenvalue weighted by atomic mass is 9.68. The van der Waals surface area contributed by atoms with Crippen molar-refractivity contribution in [2.24, 2.45) is 0 Å². The molecular formula is C48H56N2. The molecule has 0 unspecified atom stereocenters. The highest BCUT2D eigenvalue weighted by atomic mass is 15.2. The van der Waals surface area contributed by atoms with E-state index < -0.39 is 0 Å². The predicted molar refractivity (Wildman–Crippen MR) is 216 cm³/mol. The van der Waals surface area contributed by atoms with Crippen molar-refractivity contribution in [2.45, 2.75) is 117 Å². The maximum atomic E-state index is 2.55. The van der Waals surface area contributed by atoms with Crippen molar-refractivity contribution in [3.05, 3.63) is 143 Å². The molecule has 7 rings (SSSR count). The number of para-hydroxylation sites is 2. The van der Waals surface area contributed by atoms with Crippen LogP contribution in [-0.2, 0) is 23.7 Å². The maximum absolute atomic E-state index is 2.55. The second-order valence-corrected chi connectivity index (χ2v) is 15.8. The molecule has 0 bridgehead atoms. The first-order valence-electron chi connectivity index (χ1n) is 19.4. The van der Waals surface area contributed by atoms with Gasteiger partial charge in [-0.3, -0.25) is 0 Å². The number of hydrogen-bond acceptors (Lipinski definition) is 2. The number of hydrogen-bond donors (Lipinski definition) is 0. The first-order chi connectivity index (χ1) is 24.3. The third kappa shape index (κ3) is 6.16. The van der Waals surface area contributed by atoms with Gasteiger partial charge in [0.1, 0.15) is 0 Å². The Kier molecular flexibility index (Phi) is 9.66. The molecule has 50 heavy (non-hydrogen) atoms. The van der Waals surface area contributed by atoms with Crippen LogP contribution in [0.5, 0.6) is 0 Å². The Bertz CT molecular complexity index is 1790. The number of unbranched alkanes of at least 4 members (excludes halogenated alkanes) is 6. The van der Waals surface area contributed by atoms with Gasteiger partial charge >= 0.3 is 0 Å². The van der Waals surface area contributed by atoms with E-state index in [9.17, 15) is 0 Å². The van der Waals surface area contributed by atoms with Crippen LogP contribution in [0.25, 0.3) is 0 Å². The van der Waals surface area contributed by atoms with Crippen LogP contribution >= 0.6 is 0 Å². The minimum Gasteiger partial charge on any atom is -0.310 e. The average Bonchev–Trinajstić information content (AvgIpc) is 3.13. The molecule has 0 atom stereocenters. The molecule has 5 aromatic rings. The maximum Gasteiger partial charge on any atom is 0.0507 e. The summed E-state index contributed by atoms with van der Waals surface area (Å²) in [5.74, 6) is 0. The van der Waals surface area contributed by atoms with Gasteiger partial charge in [0, 0.05) is 22.2 Å². The normalized spacial score (nSPS) is 15.2. The summed E-state index contributed by atoms with van der Waals surface area (Å²) in [6, 6.07) is 41.8. The van der Waals surface area contributed by atoms with Crippen LogP contribution in [0.15, 0.2) is 109 Å². The largest absolute Gasteiger partial charge is 0.310 e. The fraction of sp³-hybridized carbons (Fsp3) is 0.375. The van der Waals surface area contributed by atoms with Crippen LogP contribution in [0.4, 0.5) is 34.1 Å². The van der Waals surface area contributed by atoms with Gasteiger partial charge in [-0.15, -0.1) is 0 Å². The van der Waals surface area contributed by atoms with Crippen LogP contribution < -0.4 is 9.80 Å². The predicted octanol–water partition coefficient (Wildman–Crippen LogP) is 14.2. The van der Waals surface area contributed by atoms with E-state index in [0.29, 0.717) is 0 Å². The highest BCUT2D eigenvalue weighted by Crippen LogP contribution is 2.58. The third-order valence-corrected chi connectivity index (χ3v) is 11.6. The van der Waals surface area contributed by atoms with Gasteiger partial charge in [0.2, 0.25) is 0 Å². The molecule has 0 aliphatic carbocycles. The van der Waals surface area contributed by atoms with E-state index >= 15 is 0 Å². The summed E-state index contributed by atoms with van der Waals surface area (Å²) >= 11 is 0. The molecule has 258 valence electrons. The molecule has 0 aromatic heterocycles. The van der Waals surface area contributed by atoms with E-state index in [0.717, 1.165) is 12.8 Å². The molecule has 0 amide bonds. The van der Waals surface area contributed by atoms with Crippen molar-refractivity contribution in [1.29, 1.82) is 0 Å². The fourth-order valence-corrected chi connectivity index (χ4v) is 8.59. The van der Waals surface area contributed by atoms with Crippen LogP contribution in [0.1, 0.15) is 126 Å². The van der Waals surface area contributed by atoms with Gasteiger partial charge in [0.05, 0.1) is 22.7 Å². The molecule has 0 fully saturated rings. The number of fused-ring (bicyclic) bond motifs is 4. The van der Waals surface area contributed by atoms with Crippen LogP contribution in [-0.4, -0.2) is 0 Å². The topological polar surface area (TPSA) is 6.48 Å². The van der Waals surface area contributed by atoms with E-state index in [4.69, 9.17) is 0 Å². The molecule has 2 heteroatoms. The Morgan fingerprint density at radius 3 is 1.16 bits per heavy atom. The van der Waals surface area contributed by atoms with Gasteiger partial charge in [0.15, 0.2) is 0 Å². The monoisotopic (exact) mass is 660 g/mol. The molecule has 0 radical (unpaired) electrons. The number of nitrogens with zero attached hydrogens (tertiary/aromatic N) is 2. The molecular weight excluding hydrogens is 605 g/mol. The van der Waals surface area contributed by atoms with Crippen LogP contribution in [0.3, 0.4) is 0 Å². The summed E-state index contributed by atoms with van der Waals surface area (Å²) < 4.78 is 0. The highest BCUT2D eigenvalue weighted by molar-refractivity contribution is 5.92. The van der Waals surface area contributed by atoms with E-state index in [1.54, 1.807) is 0 Å². The highest BCUT2D eigenvalue weighted by Gasteiger charge is 2.43. The van der Waals surface area contributed by atoms with Crippen LogP contribution in [0.2, 0.25) is 0 Å². The first-order valence-corrected chi connectivity index (χ1v) is 19.4. The lowest BCUT2D eigenvalue weighted by Gasteiger charge is -2.47. The van der Waals surface area contributed by atoms with Gasteiger partial charge in [-0.05, 0) is 108 Å². The summed E-state index contributed by atoms with van der Waals surface area (Å²) in [7, 11) is 0. The lowest BCUT2D eigenvalue weighted by Crippen LogP contribution is -2.35. The van der Waals surface area contributed by atoms with Crippen molar-refractivity contribution in [2.75, 3.05) is 9.80 Å². The summed E-state index contributed by atoms with van der Waals surface area (Å²) in [5, 5.41) is 0. The van der Waals surface area contributed by atoms with Crippen molar-refractivity contribution in [3.8, 4) is 0 Å². The number of aryl methyl sites for hydroxylation is 2. The molecule has 2 aliphatic rings. The van der Waals surface area contributed by atoms with E-state index in [1.807, 2.05) is 0 Å². The second kappa shape index (κ2) is 14.1. The molecule has 5 aromatic carbocycles. The number of rotatable bonds is 12. The zero-order valence-corrected chi connectivity index (χ0v) is 31.4. The van der Waals surface area contributed by atoms with E-state index in [2.05, 4.69) is 161 Å².